The Balaban J connectivity index is 1.75. The molecule has 1 atom stereocenters. The third-order valence-corrected chi connectivity index (χ3v) is 6.90. The minimum atomic E-state index is -0.950. The van der Waals surface area contributed by atoms with Gasteiger partial charge in [0.1, 0.15) is 9.87 Å². The lowest BCUT2D eigenvalue weighted by molar-refractivity contribution is -0.142. The first kappa shape index (κ1) is 21.0. The first-order valence-corrected chi connectivity index (χ1v) is 11.1. The molecular weight excluding hydrogens is 430 g/mol. The van der Waals surface area contributed by atoms with Crippen LogP contribution in [-0.4, -0.2) is 35.2 Å². The van der Waals surface area contributed by atoms with Crippen LogP contribution in [0, 0.1) is 3.82 Å². The van der Waals surface area contributed by atoms with Crippen molar-refractivity contribution < 1.29 is 24.5 Å². The van der Waals surface area contributed by atoms with E-state index in [-0.39, 0.29) is 17.9 Å². The number of amides is 1. The SMILES string of the molecule is COC(=O)C(Cc1ccc(O)c(O)c1)NC(=O)c1ccc(-c2cssc2=S)cc1. The van der Waals surface area contributed by atoms with Gasteiger partial charge in [-0.15, -0.1) is 0 Å². The highest BCUT2D eigenvalue weighted by Gasteiger charge is 2.23. The third kappa shape index (κ3) is 5.00. The van der Waals surface area contributed by atoms with E-state index >= 15 is 0 Å². The van der Waals surface area contributed by atoms with Crippen LogP contribution in [0.15, 0.2) is 47.8 Å². The smallest absolute Gasteiger partial charge is 0.328 e. The van der Waals surface area contributed by atoms with Gasteiger partial charge >= 0.3 is 5.97 Å². The van der Waals surface area contributed by atoms with Crippen LogP contribution in [0.1, 0.15) is 15.9 Å². The molecule has 0 fully saturated rings. The number of phenolic OH excluding ortho intramolecular Hbond substituents is 2. The van der Waals surface area contributed by atoms with Gasteiger partial charge in [0.25, 0.3) is 5.91 Å². The zero-order valence-corrected chi connectivity index (χ0v) is 17.7. The van der Waals surface area contributed by atoms with E-state index in [1.54, 1.807) is 28.5 Å². The minimum absolute atomic E-state index is 0.0972. The van der Waals surface area contributed by atoms with E-state index in [2.05, 4.69) is 5.32 Å². The Morgan fingerprint density at radius 1 is 1.14 bits per heavy atom. The van der Waals surface area contributed by atoms with Crippen LogP contribution >= 0.6 is 32.9 Å². The molecule has 1 aromatic heterocycles. The average molecular weight is 448 g/mol. The van der Waals surface area contributed by atoms with Crippen LogP contribution in [0.25, 0.3) is 11.1 Å². The number of hydrogen-bond donors (Lipinski definition) is 3. The molecule has 1 amide bonds. The molecule has 0 saturated carbocycles. The zero-order chi connectivity index (χ0) is 21.0. The highest BCUT2D eigenvalue weighted by molar-refractivity contribution is 7.79. The summed E-state index contributed by atoms with van der Waals surface area (Å²) in [6.45, 7) is 0. The number of carbonyl (C=O) groups is 2. The van der Waals surface area contributed by atoms with Gasteiger partial charge in [0.15, 0.2) is 11.5 Å². The topological polar surface area (TPSA) is 95.9 Å². The molecule has 1 unspecified atom stereocenters. The Hall–Kier alpha value is -2.75. The molecule has 9 heteroatoms. The van der Waals surface area contributed by atoms with Crippen molar-refractivity contribution in [1.82, 2.24) is 5.32 Å². The van der Waals surface area contributed by atoms with Crippen LogP contribution < -0.4 is 5.32 Å². The quantitative estimate of drug-likeness (QED) is 0.228. The molecule has 0 aliphatic carbocycles. The molecule has 0 aliphatic rings. The number of nitrogens with one attached hydrogen (secondary N) is 1. The Kier molecular flexibility index (Phi) is 6.63. The second kappa shape index (κ2) is 9.17. The predicted octanol–water partition coefficient (Wildman–Crippen LogP) is 4.13. The molecule has 0 radical (unpaired) electrons. The number of methoxy groups -OCH3 is 1. The monoisotopic (exact) mass is 447 g/mol. The number of hydrogen-bond acceptors (Lipinski definition) is 8. The average Bonchev–Trinajstić information content (AvgIpc) is 3.15. The molecule has 150 valence electrons. The van der Waals surface area contributed by atoms with Crippen LogP contribution in [-0.2, 0) is 16.0 Å². The largest absolute Gasteiger partial charge is 0.504 e. The lowest BCUT2D eigenvalue weighted by Gasteiger charge is -2.17. The van der Waals surface area contributed by atoms with Crippen LogP contribution in [0.2, 0.25) is 0 Å². The molecule has 0 spiro atoms. The van der Waals surface area contributed by atoms with E-state index in [1.807, 2.05) is 17.5 Å². The van der Waals surface area contributed by atoms with E-state index in [0.717, 1.165) is 15.0 Å². The molecule has 0 saturated heterocycles. The van der Waals surface area contributed by atoms with Crippen molar-refractivity contribution in [2.45, 2.75) is 12.5 Å². The van der Waals surface area contributed by atoms with E-state index in [4.69, 9.17) is 17.0 Å². The lowest BCUT2D eigenvalue weighted by Crippen LogP contribution is -2.43. The number of rotatable bonds is 6. The summed E-state index contributed by atoms with van der Waals surface area (Å²) in [4.78, 5) is 24.8. The first-order valence-electron chi connectivity index (χ1n) is 8.47. The standard InChI is InChI=1S/C20H17NO5S3/c1-26-19(25)15(8-11-2-7-16(22)17(23)9-11)21-18(24)13-5-3-12(4-6-13)14-10-28-29-20(14)27/h2-7,9-10,15,22-23H,8H2,1H3,(H,21,24). The van der Waals surface area contributed by atoms with Crippen molar-refractivity contribution in [2.24, 2.45) is 0 Å². The van der Waals surface area contributed by atoms with Crippen molar-refractivity contribution in [1.29, 1.82) is 0 Å². The summed E-state index contributed by atoms with van der Waals surface area (Å²) in [5.41, 5.74) is 2.83. The van der Waals surface area contributed by atoms with E-state index in [9.17, 15) is 19.8 Å². The fourth-order valence-corrected chi connectivity index (χ4v) is 5.10. The maximum absolute atomic E-state index is 12.6. The normalized spacial score (nSPS) is 11.6. The zero-order valence-electron chi connectivity index (χ0n) is 15.2. The number of aromatic hydroxyl groups is 2. The summed E-state index contributed by atoms with van der Waals surface area (Å²) in [7, 11) is 4.32. The van der Waals surface area contributed by atoms with Crippen molar-refractivity contribution in [3.63, 3.8) is 0 Å². The molecule has 2 aromatic carbocycles. The van der Waals surface area contributed by atoms with Gasteiger partial charge in [0, 0.05) is 22.9 Å². The summed E-state index contributed by atoms with van der Waals surface area (Å²) in [6.07, 6.45) is 0.0972. The van der Waals surface area contributed by atoms with Gasteiger partial charge in [-0.25, -0.2) is 4.79 Å². The van der Waals surface area contributed by atoms with Gasteiger partial charge in [0.05, 0.1) is 7.11 Å². The maximum Gasteiger partial charge on any atom is 0.328 e. The van der Waals surface area contributed by atoms with Gasteiger partial charge in [-0.3, -0.25) is 4.79 Å². The van der Waals surface area contributed by atoms with E-state index in [1.165, 1.54) is 29.6 Å². The number of benzene rings is 2. The molecule has 3 N–H and O–H groups in total. The maximum atomic E-state index is 12.6. The van der Waals surface area contributed by atoms with E-state index in [0.29, 0.717) is 11.1 Å². The lowest BCUT2D eigenvalue weighted by atomic mass is 10.0. The number of esters is 1. The van der Waals surface area contributed by atoms with E-state index < -0.39 is 17.9 Å². The molecule has 29 heavy (non-hydrogen) atoms. The fourth-order valence-electron chi connectivity index (χ4n) is 2.70. The molecular formula is C20H17NO5S3. The van der Waals surface area contributed by atoms with Gasteiger partial charge in [-0.1, -0.05) is 51.1 Å². The molecule has 0 bridgehead atoms. The Labute approximate surface area is 179 Å². The van der Waals surface area contributed by atoms with Gasteiger partial charge in [-0.2, -0.15) is 0 Å². The van der Waals surface area contributed by atoms with Crippen LogP contribution in [0.5, 0.6) is 11.5 Å². The molecule has 0 aliphatic heterocycles. The van der Waals surface area contributed by atoms with Crippen molar-refractivity contribution in [3.05, 3.63) is 62.8 Å². The summed E-state index contributed by atoms with van der Waals surface area (Å²) in [6, 6.07) is 10.2. The number of ether oxygens (including phenoxy) is 1. The minimum Gasteiger partial charge on any atom is -0.504 e. The van der Waals surface area contributed by atoms with Crippen molar-refractivity contribution in [3.8, 4) is 22.6 Å². The highest BCUT2D eigenvalue weighted by atomic mass is 32.9. The van der Waals surface area contributed by atoms with Gasteiger partial charge in [-0.05, 0) is 35.4 Å². The van der Waals surface area contributed by atoms with Gasteiger partial charge < -0.3 is 20.3 Å². The summed E-state index contributed by atoms with van der Waals surface area (Å²) in [5.74, 6) is -1.61. The first-order chi connectivity index (χ1) is 13.9. The Morgan fingerprint density at radius 3 is 2.45 bits per heavy atom. The number of phenols is 2. The fraction of sp³-hybridized carbons (Fsp3) is 0.150. The van der Waals surface area contributed by atoms with Crippen molar-refractivity contribution in [2.75, 3.05) is 7.11 Å². The summed E-state index contributed by atoms with van der Waals surface area (Å²) in [5, 5.41) is 23.7. The molecule has 6 nitrogen and oxygen atoms in total. The molecule has 3 rings (SSSR count). The molecule has 3 aromatic rings. The summed E-state index contributed by atoms with van der Waals surface area (Å²) >= 11 is 5.29. The summed E-state index contributed by atoms with van der Waals surface area (Å²) < 4.78 is 5.58. The predicted molar refractivity (Wildman–Crippen MR) is 115 cm³/mol. The van der Waals surface area contributed by atoms with Crippen LogP contribution in [0.3, 0.4) is 0 Å². The second-order valence-electron chi connectivity index (χ2n) is 6.15. The second-order valence-corrected chi connectivity index (χ2v) is 8.90. The Morgan fingerprint density at radius 2 is 1.86 bits per heavy atom. The Bertz CT molecular complexity index is 1090. The highest BCUT2D eigenvalue weighted by Crippen LogP contribution is 2.28. The van der Waals surface area contributed by atoms with Crippen LogP contribution in [0.4, 0.5) is 0 Å². The number of carbonyl (C=O) groups excluding carboxylic acids is 2. The van der Waals surface area contributed by atoms with Gasteiger partial charge in [0.2, 0.25) is 0 Å². The third-order valence-electron chi connectivity index (χ3n) is 4.24. The molecule has 1 heterocycles. The van der Waals surface area contributed by atoms with Crippen molar-refractivity contribution >= 4 is 44.8 Å².